The molecule has 0 spiro atoms. The number of aromatic amines is 1. The van der Waals surface area contributed by atoms with Crippen molar-refractivity contribution in [1.29, 1.82) is 0 Å². The van der Waals surface area contributed by atoms with Crippen LogP contribution in [0.4, 0.5) is 5.95 Å². The summed E-state index contributed by atoms with van der Waals surface area (Å²) in [6, 6.07) is -0.453. The molecule has 13 heteroatoms. The van der Waals surface area contributed by atoms with Gasteiger partial charge in [-0.05, 0) is 12.0 Å². The number of rotatable bonds is 5. The Labute approximate surface area is 175 Å². The van der Waals surface area contributed by atoms with Crippen molar-refractivity contribution in [3.05, 3.63) is 28.8 Å². The fourth-order valence-electron chi connectivity index (χ4n) is 4.22. The number of H-pyrrole nitrogens is 1. The monoisotopic (exact) mass is 439 g/mol. The fraction of sp³-hybridized carbons (Fsp3) is 0.611. The molecular formula is C18H25N5O8. The lowest BCUT2D eigenvalue weighted by Gasteiger charge is -2.41. The lowest BCUT2D eigenvalue weighted by atomic mass is 9.99. The van der Waals surface area contributed by atoms with Crippen LogP contribution < -0.4 is 11.3 Å². The molecule has 1 saturated carbocycles. The second-order valence-corrected chi connectivity index (χ2v) is 7.76. The largest absolute Gasteiger partial charge is 0.396 e. The Balaban J connectivity index is 1.60. The number of fused-ring (bicyclic) bond motifs is 1. The zero-order chi connectivity index (χ0) is 22.4. The molecule has 0 radical (unpaired) electrons. The Kier molecular flexibility index (Phi) is 5.83. The number of nitrogens with zero attached hydrogens (tertiary/aromatic N) is 3. The summed E-state index contributed by atoms with van der Waals surface area (Å²) in [5.41, 5.74) is 6.09. The van der Waals surface area contributed by atoms with Crippen LogP contribution in [-0.4, -0.2) is 95.1 Å². The predicted octanol–water partition coefficient (Wildman–Crippen LogP) is -3.00. The summed E-state index contributed by atoms with van der Waals surface area (Å²) in [5, 5.41) is 49.4. The van der Waals surface area contributed by atoms with Crippen molar-refractivity contribution < 1.29 is 35.0 Å². The summed E-state index contributed by atoms with van der Waals surface area (Å²) in [6.45, 7) is 3.14. The van der Waals surface area contributed by atoms with E-state index in [4.69, 9.17) is 15.2 Å². The first-order chi connectivity index (χ1) is 14.8. The minimum Gasteiger partial charge on any atom is -0.396 e. The summed E-state index contributed by atoms with van der Waals surface area (Å²) in [7, 11) is 0. The van der Waals surface area contributed by atoms with Crippen molar-refractivity contribution in [3.8, 4) is 0 Å². The van der Waals surface area contributed by atoms with E-state index in [-0.39, 0.29) is 30.1 Å². The van der Waals surface area contributed by atoms with E-state index in [9.17, 15) is 30.3 Å². The van der Waals surface area contributed by atoms with E-state index < -0.39 is 60.9 Å². The average Bonchev–Trinajstić information content (AvgIpc) is 3.28. The number of nitrogens with one attached hydrogen (secondary N) is 1. The number of aromatic nitrogens is 4. The Bertz CT molecular complexity index is 1020. The number of nitrogen functional groups attached to an aromatic ring is 1. The van der Waals surface area contributed by atoms with Gasteiger partial charge in [0.05, 0.1) is 31.7 Å². The van der Waals surface area contributed by atoms with Gasteiger partial charge in [0.15, 0.2) is 17.5 Å². The fourth-order valence-corrected chi connectivity index (χ4v) is 4.22. The maximum absolute atomic E-state index is 12.1. The molecule has 170 valence electrons. The van der Waals surface area contributed by atoms with Crippen LogP contribution in [0, 0.1) is 5.92 Å². The van der Waals surface area contributed by atoms with Gasteiger partial charge in [-0.3, -0.25) is 9.78 Å². The van der Waals surface area contributed by atoms with E-state index in [0.29, 0.717) is 5.57 Å². The molecule has 31 heavy (non-hydrogen) atoms. The van der Waals surface area contributed by atoms with Crippen molar-refractivity contribution in [2.45, 2.75) is 49.3 Å². The third kappa shape index (κ3) is 3.63. The van der Waals surface area contributed by atoms with Gasteiger partial charge in [-0.1, -0.05) is 6.58 Å². The van der Waals surface area contributed by atoms with E-state index in [0.717, 1.165) is 0 Å². The summed E-state index contributed by atoms with van der Waals surface area (Å²) >= 11 is 0. The highest BCUT2D eigenvalue weighted by Gasteiger charge is 2.48. The third-order valence-corrected chi connectivity index (χ3v) is 5.95. The molecule has 1 saturated heterocycles. The Morgan fingerprint density at radius 1 is 1.26 bits per heavy atom. The normalized spacial score (nSPS) is 36.4. The number of aliphatic hydroxyl groups excluding tert-OH is 5. The van der Waals surface area contributed by atoms with Crippen molar-refractivity contribution in [1.82, 2.24) is 19.5 Å². The van der Waals surface area contributed by atoms with E-state index in [1.807, 2.05) is 0 Å². The predicted molar refractivity (Wildman–Crippen MR) is 105 cm³/mol. The molecule has 2 aromatic heterocycles. The molecule has 1 aliphatic heterocycles. The van der Waals surface area contributed by atoms with Crippen LogP contribution in [-0.2, 0) is 9.47 Å². The number of anilines is 1. The zero-order valence-corrected chi connectivity index (χ0v) is 16.4. The average molecular weight is 439 g/mol. The SMILES string of the molecule is C=C1[C@H](CO)[C@H](O[C@H]2OC(CO)[C@@H](O)[C@H](O)[C@H]2O)C[C@@H]1n1cnc2c(=O)[nH]c(N)nc21. The van der Waals surface area contributed by atoms with Gasteiger partial charge in [-0.2, -0.15) is 4.98 Å². The number of nitrogens with two attached hydrogens (primary N) is 1. The Hall–Kier alpha value is -2.39. The quantitative estimate of drug-likeness (QED) is 0.233. The third-order valence-electron chi connectivity index (χ3n) is 5.95. The lowest BCUT2D eigenvalue weighted by Crippen LogP contribution is -2.59. The molecule has 0 bridgehead atoms. The first kappa shape index (κ1) is 21.8. The maximum Gasteiger partial charge on any atom is 0.280 e. The van der Waals surface area contributed by atoms with Crippen molar-refractivity contribution in [2.75, 3.05) is 18.9 Å². The van der Waals surface area contributed by atoms with Gasteiger partial charge >= 0.3 is 0 Å². The molecule has 4 rings (SSSR count). The molecule has 0 amide bonds. The van der Waals surface area contributed by atoms with Gasteiger partial charge in [-0.15, -0.1) is 0 Å². The topological polar surface area (TPSA) is 209 Å². The summed E-state index contributed by atoms with van der Waals surface area (Å²) in [6.07, 6.45) is -6.14. The van der Waals surface area contributed by atoms with E-state index in [1.165, 1.54) is 6.33 Å². The second-order valence-electron chi connectivity index (χ2n) is 7.76. The Morgan fingerprint density at radius 3 is 2.68 bits per heavy atom. The van der Waals surface area contributed by atoms with Crippen molar-refractivity contribution in [3.63, 3.8) is 0 Å². The van der Waals surface area contributed by atoms with Crippen LogP contribution in [0.15, 0.2) is 23.3 Å². The van der Waals surface area contributed by atoms with Gasteiger partial charge in [0.2, 0.25) is 5.95 Å². The van der Waals surface area contributed by atoms with Gasteiger partial charge in [0, 0.05) is 5.92 Å². The van der Waals surface area contributed by atoms with Gasteiger partial charge in [0.1, 0.15) is 24.4 Å². The highest BCUT2D eigenvalue weighted by Crippen LogP contribution is 2.42. The van der Waals surface area contributed by atoms with E-state index in [1.54, 1.807) is 4.57 Å². The molecule has 1 aliphatic carbocycles. The summed E-state index contributed by atoms with van der Waals surface area (Å²) in [4.78, 5) is 22.7. The molecule has 8 N–H and O–H groups in total. The van der Waals surface area contributed by atoms with Crippen LogP contribution in [0.2, 0.25) is 0 Å². The van der Waals surface area contributed by atoms with Crippen LogP contribution in [0.25, 0.3) is 11.2 Å². The summed E-state index contributed by atoms with van der Waals surface area (Å²) < 4.78 is 12.9. The number of ether oxygens (including phenoxy) is 2. The lowest BCUT2D eigenvalue weighted by molar-refractivity contribution is -0.313. The number of aliphatic hydroxyl groups is 5. The minimum atomic E-state index is -1.58. The number of imidazole rings is 1. The maximum atomic E-state index is 12.1. The molecule has 3 heterocycles. The highest BCUT2D eigenvalue weighted by molar-refractivity contribution is 5.71. The van der Waals surface area contributed by atoms with Crippen molar-refractivity contribution in [2.24, 2.45) is 5.92 Å². The molecule has 0 aromatic carbocycles. The number of hydrogen-bond donors (Lipinski definition) is 7. The zero-order valence-electron chi connectivity index (χ0n) is 16.4. The molecule has 2 aliphatic rings. The van der Waals surface area contributed by atoms with Crippen LogP contribution in [0.5, 0.6) is 0 Å². The Morgan fingerprint density at radius 2 is 2.00 bits per heavy atom. The van der Waals surface area contributed by atoms with Crippen molar-refractivity contribution >= 4 is 17.1 Å². The molecule has 13 nitrogen and oxygen atoms in total. The molecule has 8 atom stereocenters. The van der Waals surface area contributed by atoms with Gasteiger partial charge in [-0.25, -0.2) is 4.98 Å². The standard InChI is InChI=1S/C18H25N5O8/c1-6-7(3-24)9(30-17-14(28)13(27)12(26)10(4-25)31-17)2-8(6)23-5-20-11-15(23)21-18(19)22-16(11)29/h5,7-10,12-14,17,24-28H,1-4H2,(H3,19,21,22,29)/t7-,8-,9+,10?,12+,13-,14+,17-/m0/s1. The smallest absolute Gasteiger partial charge is 0.280 e. The summed E-state index contributed by atoms with van der Waals surface area (Å²) in [5.74, 6) is -0.634. The van der Waals surface area contributed by atoms with Gasteiger partial charge < -0.3 is 45.3 Å². The second kappa shape index (κ2) is 8.27. The molecule has 2 fully saturated rings. The first-order valence-electron chi connectivity index (χ1n) is 9.74. The van der Waals surface area contributed by atoms with E-state index in [2.05, 4.69) is 21.5 Å². The van der Waals surface area contributed by atoms with Gasteiger partial charge in [0.25, 0.3) is 5.56 Å². The first-order valence-corrected chi connectivity index (χ1v) is 9.74. The number of hydrogen-bond acceptors (Lipinski definition) is 11. The van der Waals surface area contributed by atoms with Crippen LogP contribution >= 0.6 is 0 Å². The minimum absolute atomic E-state index is 0.0734. The molecule has 2 aromatic rings. The van der Waals surface area contributed by atoms with Crippen LogP contribution in [0.1, 0.15) is 12.5 Å². The highest BCUT2D eigenvalue weighted by atomic mass is 16.7. The molecular weight excluding hydrogens is 414 g/mol. The van der Waals surface area contributed by atoms with Crippen LogP contribution in [0.3, 0.4) is 0 Å². The molecule has 1 unspecified atom stereocenters. The van der Waals surface area contributed by atoms with E-state index >= 15 is 0 Å².